The van der Waals surface area contributed by atoms with E-state index in [0.29, 0.717) is 18.7 Å². The van der Waals surface area contributed by atoms with Gasteiger partial charge < -0.3 is 19.1 Å². The summed E-state index contributed by atoms with van der Waals surface area (Å²) >= 11 is 0. The second kappa shape index (κ2) is 9.65. The first-order valence-electron chi connectivity index (χ1n) is 11.1. The number of benzene rings is 1. The molecular weight excluding hydrogens is 366 g/mol. The number of methoxy groups -OCH3 is 1. The van der Waals surface area contributed by atoms with Crippen LogP contribution in [0.15, 0.2) is 18.2 Å². The Balaban J connectivity index is 1.38. The lowest BCUT2D eigenvalue weighted by molar-refractivity contribution is -0.0880. The summed E-state index contributed by atoms with van der Waals surface area (Å²) in [5.74, 6) is 2.62. The van der Waals surface area contributed by atoms with Gasteiger partial charge in [-0.05, 0) is 45.3 Å². The Hall–Kier alpha value is -1.34. The van der Waals surface area contributed by atoms with Gasteiger partial charge in [0.1, 0.15) is 0 Å². The number of ether oxygens (including phenoxy) is 3. The van der Waals surface area contributed by atoms with E-state index < -0.39 is 0 Å². The van der Waals surface area contributed by atoms with Crippen LogP contribution in [0.3, 0.4) is 0 Å². The lowest BCUT2D eigenvalue weighted by Crippen LogP contribution is -2.62. The molecule has 0 aromatic heterocycles. The Morgan fingerprint density at radius 2 is 2.03 bits per heavy atom. The number of piperazine rings is 1. The fraction of sp³-hybridized carbons (Fsp3) is 0.739. The van der Waals surface area contributed by atoms with Crippen LogP contribution in [0.5, 0.6) is 11.5 Å². The highest BCUT2D eigenvalue weighted by Crippen LogP contribution is 2.39. The van der Waals surface area contributed by atoms with Gasteiger partial charge in [-0.1, -0.05) is 12.1 Å². The molecule has 1 saturated carbocycles. The van der Waals surface area contributed by atoms with Crippen LogP contribution in [-0.4, -0.2) is 94.0 Å². The van der Waals surface area contributed by atoms with Crippen LogP contribution in [-0.2, 0) is 11.3 Å². The molecule has 6 nitrogen and oxygen atoms in total. The minimum Gasteiger partial charge on any atom is -0.493 e. The Morgan fingerprint density at radius 1 is 1.17 bits per heavy atom. The fourth-order valence-corrected chi connectivity index (χ4v) is 4.78. The van der Waals surface area contributed by atoms with Crippen LogP contribution in [0.25, 0.3) is 0 Å². The average molecular weight is 404 g/mol. The average Bonchev–Trinajstić information content (AvgIpc) is 3.56. The van der Waals surface area contributed by atoms with Crippen LogP contribution in [0.1, 0.15) is 24.8 Å². The van der Waals surface area contributed by atoms with Crippen LogP contribution >= 0.6 is 0 Å². The van der Waals surface area contributed by atoms with Gasteiger partial charge in [-0.15, -0.1) is 0 Å². The second-order valence-electron chi connectivity index (χ2n) is 9.02. The summed E-state index contributed by atoms with van der Waals surface area (Å²) in [7, 11) is 5.91. The summed E-state index contributed by atoms with van der Waals surface area (Å²) in [5.41, 5.74) is 1.22. The zero-order chi connectivity index (χ0) is 20.2. The maximum absolute atomic E-state index is 6.20. The van der Waals surface area contributed by atoms with Crippen molar-refractivity contribution in [3.05, 3.63) is 23.8 Å². The van der Waals surface area contributed by atoms with Crippen molar-refractivity contribution in [1.29, 1.82) is 0 Å². The SMILES string of the molecule is COc1cccc(CN2CCN3[C@@H](COC[C@@H]3C3CC3)C2)c1OCCCN(C)C. The summed E-state index contributed by atoms with van der Waals surface area (Å²) in [5, 5.41) is 0. The van der Waals surface area contributed by atoms with E-state index >= 15 is 0 Å². The van der Waals surface area contributed by atoms with Crippen LogP contribution in [0, 0.1) is 5.92 Å². The predicted octanol–water partition coefficient (Wildman–Crippen LogP) is 2.32. The first-order valence-corrected chi connectivity index (χ1v) is 11.1. The Kier molecular flexibility index (Phi) is 6.96. The maximum atomic E-state index is 6.20. The Labute approximate surface area is 175 Å². The standard InChI is InChI=1S/C23H37N3O3/c1-24(2)10-5-13-29-23-19(6-4-7-22(23)27-3)14-25-11-12-26-20(15-25)16-28-17-21(26)18-8-9-18/h4,6-7,18,20-21H,5,8-17H2,1-3H3/t20-,21-/m1/s1. The predicted molar refractivity (Wildman–Crippen MR) is 115 cm³/mol. The number of fused-ring (bicyclic) bond motifs is 1. The van der Waals surface area contributed by atoms with E-state index in [1.165, 1.54) is 18.4 Å². The molecule has 1 aromatic rings. The smallest absolute Gasteiger partial charge is 0.165 e. The number of rotatable bonds is 9. The normalized spacial score (nSPS) is 25.8. The molecular formula is C23H37N3O3. The van der Waals surface area contributed by atoms with Crippen molar-refractivity contribution in [2.75, 3.05) is 67.2 Å². The van der Waals surface area contributed by atoms with Crippen molar-refractivity contribution in [1.82, 2.24) is 14.7 Å². The highest BCUT2D eigenvalue weighted by molar-refractivity contribution is 5.46. The van der Waals surface area contributed by atoms with Gasteiger partial charge in [0, 0.05) is 50.4 Å². The molecule has 1 aromatic carbocycles. The zero-order valence-electron chi connectivity index (χ0n) is 18.3. The summed E-state index contributed by atoms with van der Waals surface area (Å²) in [4.78, 5) is 7.48. The van der Waals surface area contributed by atoms with Gasteiger partial charge >= 0.3 is 0 Å². The van der Waals surface area contributed by atoms with Gasteiger partial charge in [-0.25, -0.2) is 0 Å². The van der Waals surface area contributed by atoms with E-state index in [-0.39, 0.29) is 0 Å². The molecule has 0 radical (unpaired) electrons. The van der Waals surface area contributed by atoms with E-state index in [2.05, 4.69) is 40.9 Å². The van der Waals surface area contributed by atoms with Crippen LogP contribution in [0.2, 0.25) is 0 Å². The molecule has 2 heterocycles. The topological polar surface area (TPSA) is 37.4 Å². The number of nitrogens with zero attached hydrogens (tertiary/aromatic N) is 3. The maximum Gasteiger partial charge on any atom is 0.165 e. The molecule has 2 atom stereocenters. The molecule has 29 heavy (non-hydrogen) atoms. The third kappa shape index (κ3) is 5.23. The molecule has 4 rings (SSSR count). The summed E-state index contributed by atoms with van der Waals surface area (Å²) < 4.78 is 17.8. The molecule has 2 aliphatic heterocycles. The van der Waals surface area contributed by atoms with Gasteiger partial charge in [0.15, 0.2) is 11.5 Å². The number of hydrogen-bond acceptors (Lipinski definition) is 6. The molecule has 0 spiro atoms. The minimum atomic E-state index is 0.526. The second-order valence-corrected chi connectivity index (χ2v) is 9.02. The van der Waals surface area contributed by atoms with E-state index in [1.807, 2.05) is 6.07 Å². The third-order valence-corrected chi connectivity index (χ3v) is 6.47. The van der Waals surface area contributed by atoms with Crippen molar-refractivity contribution in [2.45, 2.75) is 37.9 Å². The van der Waals surface area contributed by atoms with Gasteiger partial charge in [0.2, 0.25) is 0 Å². The molecule has 3 fully saturated rings. The summed E-state index contributed by atoms with van der Waals surface area (Å²) in [6.07, 6.45) is 3.78. The highest BCUT2D eigenvalue weighted by Gasteiger charge is 2.42. The Bertz CT molecular complexity index is 665. The Morgan fingerprint density at radius 3 is 2.79 bits per heavy atom. The first kappa shape index (κ1) is 20.9. The molecule has 0 N–H and O–H groups in total. The van der Waals surface area contributed by atoms with Gasteiger partial charge in [0.05, 0.1) is 26.9 Å². The van der Waals surface area contributed by atoms with Crippen LogP contribution in [0.4, 0.5) is 0 Å². The highest BCUT2D eigenvalue weighted by atomic mass is 16.5. The van der Waals surface area contributed by atoms with E-state index in [0.717, 1.165) is 69.8 Å². The van der Waals surface area contributed by atoms with Crippen molar-refractivity contribution in [2.24, 2.45) is 5.92 Å². The third-order valence-electron chi connectivity index (χ3n) is 6.47. The number of morpholine rings is 1. The van der Waals surface area contributed by atoms with Crippen LogP contribution < -0.4 is 9.47 Å². The number of para-hydroxylation sites is 1. The molecule has 2 saturated heterocycles. The molecule has 6 heteroatoms. The molecule has 3 aliphatic rings. The molecule has 0 amide bonds. The summed E-state index contributed by atoms with van der Waals surface area (Å²) in [6, 6.07) is 7.43. The quantitative estimate of drug-likeness (QED) is 0.589. The van der Waals surface area contributed by atoms with E-state index in [4.69, 9.17) is 14.2 Å². The van der Waals surface area contributed by atoms with E-state index in [9.17, 15) is 0 Å². The fourth-order valence-electron chi connectivity index (χ4n) is 4.78. The van der Waals surface area contributed by atoms with Crippen molar-refractivity contribution < 1.29 is 14.2 Å². The lowest BCUT2D eigenvalue weighted by atomic mass is 10.0. The number of hydrogen-bond donors (Lipinski definition) is 0. The summed E-state index contributed by atoms with van der Waals surface area (Å²) in [6.45, 7) is 7.76. The molecule has 162 valence electrons. The minimum absolute atomic E-state index is 0.526. The monoisotopic (exact) mass is 403 g/mol. The van der Waals surface area contributed by atoms with Gasteiger partial charge in [-0.2, -0.15) is 0 Å². The lowest BCUT2D eigenvalue weighted by Gasteiger charge is -2.48. The molecule has 0 bridgehead atoms. The first-order chi connectivity index (χ1) is 14.2. The van der Waals surface area contributed by atoms with Gasteiger partial charge in [0.25, 0.3) is 0 Å². The molecule has 0 unspecified atom stereocenters. The molecule has 1 aliphatic carbocycles. The van der Waals surface area contributed by atoms with E-state index in [1.54, 1.807) is 7.11 Å². The van der Waals surface area contributed by atoms with Crippen molar-refractivity contribution in [3.63, 3.8) is 0 Å². The van der Waals surface area contributed by atoms with Crippen molar-refractivity contribution in [3.8, 4) is 11.5 Å². The van der Waals surface area contributed by atoms with Gasteiger partial charge in [-0.3, -0.25) is 9.80 Å². The zero-order valence-corrected chi connectivity index (χ0v) is 18.3. The largest absolute Gasteiger partial charge is 0.493 e. The van der Waals surface area contributed by atoms with Crippen molar-refractivity contribution >= 4 is 0 Å².